The number of likely N-dealkylation sites (tertiary alicyclic amines) is 1. The van der Waals surface area contributed by atoms with Gasteiger partial charge in [0.05, 0.1) is 7.11 Å². The number of ether oxygens (including phenoxy) is 2. The summed E-state index contributed by atoms with van der Waals surface area (Å²) in [5.74, 6) is 1.20. The van der Waals surface area contributed by atoms with E-state index in [2.05, 4.69) is 17.0 Å². The average molecular weight is 422 g/mol. The fourth-order valence-electron chi connectivity index (χ4n) is 4.72. The predicted molar refractivity (Wildman–Crippen MR) is 119 cm³/mol. The van der Waals surface area contributed by atoms with Crippen LogP contribution in [0.4, 0.5) is 0 Å². The number of aldehydes is 1. The lowest BCUT2D eigenvalue weighted by Crippen LogP contribution is -2.43. The summed E-state index contributed by atoms with van der Waals surface area (Å²) in [5.41, 5.74) is 2.10. The van der Waals surface area contributed by atoms with Gasteiger partial charge in [0.15, 0.2) is 0 Å². The van der Waals surface area contributed by atoms with Crippen molar-refractivity contribution in [2.45, 2.75) is 44.2 Å². The Morgan fingerprint density at radius 2 is 1.84 bits per heavy atom. The van der Waals surface area contributed by atoms with Gasteiger partial charge in [-0.1, -0.05) is 61.7 Å². The molecule has 0 bridgehead atoms. The highest BCUT2D eigenvalue weighted by Crippen LogP contribution is 2.37. The molecule has 0 N–H and O–H groups in total. The molecule has 164 valence electrons. The highest BCUT2D eigenvalue weighted by atomic mass is 16.5. The van der Waals surface area contributed by atoms with Gasteiger partial charge in [-0.25, -0.2) is 0 Å². The topological polar surface area (TPSA) is 55.8 Å². The first-order chi connectivity index (χ1) is 15.2. The number of methoxy groups -OCH3 is 1. The van der Waals surface area contributed by atoms with Crippen LogP contribution in [0.5, 0.6) is 5.75 Å². The Morgan fingerprint density at radius 3 is 2.45 bits per heavy atom. The first kappa shape index (κ1) is 21.6. The van der Waals surface area contributed by atoms with Gasteiger partial charge in [0, 0.05) is 24.9 Å². The minimum atomic E-state index is -0.292. The number of rotatable bonds is 9. The minimum Gasteiger partial charge on any atom is -0.497 e. The van der Waals surface area contributed by atoms with Gasteiger partial charge in [-0.2, -0.15) is 0 Å². The third kappa shape index (κ3) is 5.16. The quantitative estimate of drug-likeness (QED) is 0.448. The maximum absolute atomic E-state index is 13.2. The second-order valence-corrected chi connectivity index (χ2v) is 8.78. The van der Waals surface area contributed by atoms with Crippen molar-refractivity contribution in [3.8, 4) is 5.75 Å². The highest BCUT2D eigenvalue weighted by molar-refractivity contribution is 5.76. The zero-order valence-corrected chi connectivity index (χ0v) is 18.1. The molecule has 0 amide bonds. The van der Waals surface area contributed by atoms with Gasteiger partial charge < -0.3 is 14.3 Å². The predicted octanol–water partition coefficient (Wildman–Crippen LogP) is 4.21. The van der Waals surface area contributed by atoms with Crippen molar-refractivity contribution in [3.63, 3.8) is 0 Å². The van der Waals surface area contributed by atoms with Crippen LogP contribution in [0.1, 0.15) is 42.7 Å². The maximum Gasteiger partial charge on any atom is 0.323 e. The summed E-state index contributed by atoms with van der Waals surface area (Å²) in [6.45, 7) is 1.57. The SMILES string of the molecule is COc1ccc(COC(=O)C(CC2CCC2)N2CC(C=O)C(c3ccccc3)C2)cc1. The monoisotopic (exact) mass is 421 g/mol. The molecule has 31 heavy (non-hydrogen) atoms. The smallest absolute Gasteiger partial charge is 0.323 e. The molecular weight excluding hydrogens is 390 g/mol. The molecule has 1 saturated heterocycles. The molecule has 2 aromatic carbocycles. The van der Waals surface area contributed by atoms with Gasteiger partial charge >= 0.3 is 5.97 Å². The molecule has 0 spiro atoms. The molecule has 2 aromatic rings. The van der Waals surface area contributed by atoms with E-state index in [-0.39, 0.29) is 30.5 Å². The number of carbonyl (C=O) groups is 2. The van der Waals surface area contributed by atoms with Crippen LogP contribution in [-0.4, -0.2) is 43.4 Å². The van der Waals surface area contributed by atoms with Crippen molar-refractivity contribution in [1.82, 2.24) is 4.90 Å². The lowest BCUT2D eigenvalue weighted by Gasteiger charge is -2.33. The third-order valence-corrected chi connectivity index (χ3v) is 6.83. The second kappa shape index (κ2) is 10.1. The summed E-state index contributed by atoms with van der Waals surface area (Å²) in [4.78, 5) is 27.2. The van der Waals surface area contributed by atoms with Crippen LogP contribution in [-0.2, 0) is 20.9 Å². The Kier molecular flexibility index (Phi) is 7.03. The lowest BCUT2D eigenvalue weighted by molar-refractivity contribution is -0.152. The molecule has 1 heterocycles. The second-order valence-electron chi connectivity index (χ2n) is 8.78. The van der Waals surface area contributed by atoms with Crippen molar-refractivity contribution in [1.29, 1.82) is 0 Å². The van der Waals surface area contributed by atoms with Crippen LogP contribution in [0.15, 0.2) is 54.6 Å². The number of hydrogen-bond acceptors (Lipinski definition) is 5. The normalized spacial score (nSPS) is 22.5. The molecule has 5 nitrogen and oxygen atoms in total. The maximum atomic E-state index is 13.2. The van der Waals surface area contributed by atoms with Crippen LogP contribution >= 0.6 is 0 Å². The molecule has 0 aromatic heterocycles. The summed E-state index contributed by atoms with van der Waals surface area (Å²) in [6.07, 6.45) is 5.46. The molecule has 4 rings (SSSR count). The van der Waals surface area contributed by atoms with E-state index in [0.29, 0.717) is 19.0 Å². The van der Waals surface area contributed by atoms with E-state index in [0.717, 1.165) is 29.6 Å². The van der Waals surface area contributed by atoms with Crippen LogP contribution < -0.4 is 4.74 Å². The number of carbonyl (C=O) groups excluding carboxylic acids is 2. The number of esters is 1. The zero-order valence-electron chi connectivity index (χ0n) is 18.1. The molecule has 1 aliphatic heterocycles. The zero-order chi connectivity index (χ0) is 21.6. The van der Waals surface area contributed by atoms with Crippen LogP contribution in [0.2, 0.25) is 0 Å². The highest BCUT2D eigenvalue weighted by Gasteiger charge is 2.41. The molecule has 3 atom stereocenters. The summed E-state index contributed by atoms with van der Waals surface area (Å²) < 4.78 is 10.9. The fraction of sp³-hybridized carbons (Fsp3) is 0.462. The fourth-order valence-corrected chi connectivity index (χ4v) is 4.72. The van der Waals surface area contributed by atoms with Gasteiger partial charge in [-0.05, 0) is 35.6 Å². The third-order valence-electron chi connectivity index (χ3n) is 6.83. The number of nitrogens with zero attached hydrogens (tertiary/aromatic N) is 1. The standard InChI is InChI=1S/C26H31NO4/c1-30-23-12-10-20(11-13-23)18-31-26(29)25(14-19-6-5-7-19)27-15-22(17-28)24(16-27)21-8-3-2-4-9-21/h2-4,8-13,17,19,22,24-25H,5-7,14-16,18H2,1H3. The van der Waals surface area contributed by atoms with E-state index in [1.807, 2.05) is 42.5 Å². The first-order valence-corrected chi connectivity index (χ1v) is 11.2. The molecule has 2 aliphatic rings. The Balaban J connectivity index is 1.45. The Labute approximate surface area is 184 Å². The number of hydrogen-bond donors (Lipinski definition) is 0. The molecule has 5 heteroatoms. The van der Waals surface area contributed by atoms with Gasteiger partial charge in [0.1, 0.15) is 24.7 Å². The first-order valence-electron chi connectivity index (χ1n) is 11.2. The van der Waals surface area contributed by atoms with Crippen molar-refractivity contribution in [2.75, 3.05) is 20.2 Å². The molecule has 0 radical (unpaired) electrons. The van der Waals surface area contributed by atoms with Crippen LogP contribution in [0, 0.1) is 11.8 Å². The van der Waals surface area contributed by atoms with Crippen molar-refractivity contribution < 1.29 is 19.1 Å². The van der Waals surface area contributed by atoms with E-state index in [1.54, 1.807) is 7.11 Å². The summed E-state index contributed by atoms with van der Waals surface area (Å²) in [5, 5.41) is 0. The van der Waals surface area contributed by atoms with E-state index in [4.69, 9.17) is 9.47 Å². The summed E-state index contributed by atoms with van der Waals surface area (Å²) in [6, 6.07) is 17.4. The average Bonchev–Trinajstić information content (AvgIpc) is 3.22. The summed E-state index contributed by atoms with van der Waals surface area (Å²) >= 11 is 0. The summed E-state index contributed by atoms with van der Waals surface area (Å²) in [7, 11) is 1.63. The van der Waals surface area contributed by atoms with Crippen LogP contribution in [0.25, 0.3) is 0 Å². The van der Waals surface area contributed by atoms with E-state index in [9.17, 15) is 9.59 Å². The molecule has 1 aliphatic carbocycles. The van der Waals surface area contributed by atoms with Crippen molar-refractivity contribution >= 4 is 12.3 Å². The van der Waals surface area contributed by atoms with Gasteiger partial charge in [-0.15, -0.1) is 0 Å². The van der Waals surface area contributed by atoms with Gasteiger partial charge in [0.25, 0.3) is 0 Å². The lowest BCUT2D eigenvalue weighted by atomic mass is 9.80. The van der Waals surface area contributed by atoms with Crippen molar-refractivity contribution in [3.05, 3.63) is 65.7 Å². The van der Waals surface area contributed by atoms with E-state index >= 15 is 0 Å². The van der Waals surface area contributed by atoms with Crippen molar-refractivity contribution in [2.24, 2.45) is 11.8 Å². The van der Waals surface area contributed by atoms with E-state index in [1.165, 1.54) is 19.3 Å². The van der Waals surface area contributed by atoms with Gasteiger partial charge in [-0.3, -0.25) is 9.69 Å². The Bertz CT molecular complexity index is 863. The molecule has 1 saturated carbocycles. The Hall–Kier alpha value is -2.66. The molecular formula is C26H31NO4. The Morgan fingerprint density at radius 1 is 1.10 bits per heavy atom. The minimum absolute atomic E-state index is 0.0966. The molecule has 2 fully saturated rings. The van der Waals surface area contributed by atoms with Crippen LogP contribution in [0.3, 0.4) is 0 Å². The van der Waals surface area contributed by atoms with Gasteiger partial charge in [0.2, 0.25) is 0 Å². The van der Waals surface area contributed by atoms with E-state index < -0.39 is 0 Å². The number of benzene rings is 2. The molecule has 3 unspecified atom stereocenters. The largest absolute Gasteiger partial charge is 0.497 e.